The van der Waals surface area contributed by atoms with E-state index in [1.54, 1.807) is 11.0 Å². The van der Waals surface area contributed by atoms with E-state index in [0.29, 0.717) is 36.9 Å². The quantitative estimate of drug-likeness (QED) is 0.629. The molecule has 0 fully saturated rings. The zero-order valence-corrected chi connectivity index (χ0v) is 19.8. The summed E-state index contributed by atoms with van der Waals surface area (Å²) < 4.78 is 0. The Kier molecular flexibility index (Phi) is 8.85. The first kappa shape index (κ1) is 24.6. The van der Waals surface area contributed by atoms with Gasteiger partial charge < -0.3 is 10.2 Å². The number of nitrogens with zero attached hydrogens (tertiary/aromatic N) is 1. The summed E-state index contributed by atoms with van der Waals surface area (Å²) in [5, 5.41) is 3.10. The molecule has 1 heterocycles. The normalized spacial score (nSPS) is 24.6. The third-order valence-electron chi connectivity index (χ3n) is 5.97. The predicted molar refractivity (Wildman–Crippen MR) is 128 cm³/mol. The minimum Gasteiger partial charge on any atom is -0.354 e. The van der Waals surface area contributed by atoms with E-state index >= 15 is 0 Å². The van der Waals surface area contributed by atoms with E-state index in [4.69, 9.17) is 0 Å². The lowest BCUT2D eigenvalue weighted by atomic mass is 9.87. The fourth-order valence-electron chi connectivity index (χ4n) is 3.77. The van der Waals surface area contributed by atoms with Gasteiger partial charge in [0.2, 0.25) is 5.91 Å². The van der Waals surface area contributed by atoms with Crippen molar-refractivity contribution in [3.63, 3.8) is 0 Å². The molecule has 0 aromatic heterocycles. The Morgan fingerprint density at radius 3 is 2.74 bits per heavy atom. The van der Waals surface area contributed by atoms with Gasteiger partial charge in [-0.3, -0.25) is 9.59 Å². The van der Waals surface area contributed by atoms with Gasteiger partial charge in [-0.2, -0.15) is 0 Å². The second-order valence-electron chi connectivity index (χ2n) is 9.38. The Morgan fingerprint density at radius 2 is 2.06 bits per heavy atom. The van der Waals surface area contributed by atoms with E-state index in [1.807, 2.05) is 44.2 Å². The lowest BCUT2D eigenvalue weighted by molar-refractivity contribution is -0.145. The molecule has 4 nitrogen and oxygen atoms in total. The molecule has 1 aliphatic heterocycles. The Bertz CT molecular complexity index is 853. The highest BCUT2D eigenvalue weighted by Crippen LogP contribution is 2.29. The maximum absolute atomic E-state index is 13.5. The number of rotatable bonds is 6. The molecule has 1 N–H and O–H groups in total. The van der Waals surface area contributed by atoms with Crippen molar-refractivity contribution in [3.05, 3.63) is 71.8 Å². The van der Waals surface area contributed by atoms with E-state index in [-0.39, 0.29) is 11.8 Å². The maximum atomic E-state index is 13.5. The Balaban J connectivity index is 2.45. The zero-order valence-electron chi connectivity index (χ0n) is 19.8. The van der Waals surface area contributed by atoms with Crippen LogP contribution >= 0.6 is 0 Å². The minimum atomic E-state index is -0.971. The number of hydrogen-bond donors (Lipinski definition) is 1. The highest BCUT2D eigenvalue weighted by atomic mass is 16.2. The molecule has 31 heavy (non-hydrogen) atoms. The van der Waals surface area contributed by atoms with Gasteiger partial charge in [0, 0.05) is 18.7 Å². The van der Waals surface area contributed by atoms with Crippen molar-refractivity contribution in [2.24, 2.45) is 11.8 Å². The average molecular weight is 423 g/mol. The third-order valence-corrected chi connectivity index (χ3v) is 5.97. The van der Waals surface area contributed by atoms with E-state index in [9.17, 15) is 9.59 Å². The van der Waals surface area contributed by atoms with Gasteiger partial charge in [0.15, 0.2) is 0 Å². The zero-order chi connectivity index (χ0) is 23.0. The highest BCUT2D eigenvalue weighted by molar-refractivity contribution is 6.00. The molecule has 1 aliphatic rings. The molecule has 2 atom stereocenters. The van der Waals surface area contributed by atoms with Crippen molar-refractivity contribution in [3.8, 4) is 0 Å². The van der Waals surface area contributed by atoms with Gasteiger partial charge in [0.1, 0.15) is 5.54 Å². The average Bonchev–Trinajstić information content (AvgIpc) is 2.73. The standard InChI is InChI=1S/C27H38N2O2/c1-20(2)15-17-28-26(31)27(6)16-14-21(3)10-7-8-12-23(5)25(30)29(27)19-24-13-9-11-22(4)18-24/h7-13,18,20-21H,5,14-17,19H2,1-4,6H3,(H,28,31)/b10-7-,12-8-. The van der Waals surface area contributed by atoms with Gasteiger partial charge in [0.25, 0.3) is 5.91 Å². The van der Waals surface area contributed by atoms with Crippen molar-refractivity contribution < 1.29 is 9.59 Å². The lowest BCUT2D eigenvalue weighted by Crippen LogP contribution is -2.59. The monoisotopic (exact) mass is 422 g/mol. The van der Waals surface area contributed by atoms with E-state index in [2.05, 4.69) is 44.8 Å². The van der Waals surface area contributed by atoms with Crippen LogP contribution in [0.15, 0.2) is 60.7 Å². The number of aryl methyl sites for hydroxylation is 1. The van der Waals surface area contributed by atoms with Crippen LogP contribution in [-0.2, 0) is 16.1 Å². The number of carbonyl (C=O) groups is 2. The minimum absolute atomic E-state index is 0.0960. The number of nitrogens with one attached hydrogen (secondary N) is 1. The fourth-order valence-corrected chi connectivity index (χ4v) is 3.77. The van der Waals surface area contributed by atoms with Crippen LogP contribution in [0.5, 0.6) is 0 Å². The summed E-state index contributed by atoms with van der Waals surface area (Å²) in [4.78, 5) is 28.7. The van der Waals surface area contributed by atoms with Crippen LogP contribution in [0, 0.1) is 18.8 Å². The maximum Gasteiger partial charge on any atom is 0.254 e. The van der Waals surface area contributed by atoms with E-state index in [1.165, 1.54) is 0 Å². The topological polar surface area (TPSA) is 49.4 Å². The predicted octanol–water partition coefficient (Wildman–Crippen LogP) is 5.34. The molecular formula is C27H38N2O2. The lowest BCUT2D eigenvalue weighted by Gasteiger charge is -2.41. The molecular weight excluding hydrogens is 384 g/mol. The van der Waals surface area contributed by atoms with E-state index < -0.39 is 5.54 Å². The number of allylic oxidation sites excluding steroid dienone is 3. The van der Waals surface area contributed by atoms with Gasteiger partial charge in [-0.1, -0.05) is 81.5 Å². The van der Waals surface area contributed by atoms with Gasteiger partial charge in [-0.15, -0.1) is 0 Å². The van der Waals surface area contributed by atoms with Gasteiger partial charge in [-0.05, 0) is 50.5 Å². The van der Waals surface area contributed by atoms with Crippen molar-refractivity contribution in [2.45, 2.75) is 66.0 Å². The van der Waals surface area contributed by atoms with Crippen LogP contribution in [0.2, 0.25) is 0 Å². The molecule has 168 valence electrons. The first-order valence-corrected chi connectivity index (χ1v) is 11.3. The molecule has 0 aliphatic carbocycles. The van der Waals surface area contributed by atoms with Crippen molar-refractivity contribution in [1.29, 1.82) is 0 Å². The van der Waals surface area contributed by atoms with Crippen LogP contribution in [0.4, 0.5) is 0 Å². The van der Waals surface area contributed by atoms with Crippen LogP contribution in [0.3, 0.4) is 0 Å². The Morgan fingerprint density at radius 1 is 1.32 bits per heavy atom. The Hall–Kier alpha value is -2.62. The van der Waals surface area contributed by atoms with Crippen LogP contribution in [0.25, 0.3) is 0 Å². The molecule has 2 rings (SSSR count). The number of benzene rings is 1. The molecule has 0 saturated heterocycles. The van der Waals surface area contributed by atoms with Crippen molar-refractivity contribution in [1.82, 2.24) is 10.2 Å². The number of amides is 2. The summed E-state index contributed by atoms with van der Waals surface area (Å²) in [5.41, 5.74) is 1.55. The molecule has 4 heteroatoms. The van der Waals surface area contributed by atoms with E-state index in [0.717, 1.165) is 24.0 Å². The third kappa shape index (κ3) is 6.95. The summed E-state index contributed by atoms with van der Waals surface area (Å²) in [6.45, 7) is 15.3. The SMILES string of the molecule is C=C1/C=C\C=C/C(C)CCC(C)(C(=O)NCCC(C)C)N(Cc2cccc(C)c2)C1=O. The van der Waals surface area contributed by atoms with Gasteiger partial charge in [0.05, 0.1) is 0 Å². The smallest absolute Gasteiger partial charge is 0.254 e. The summed E-state index contributed by atoms with van der Waals surface area (Å²) in [7, 11) is 0. The molecule has 0 bridgehead atoms. The van der Waals surface area contributed by atoms with Crippen molar-refractivity contribution >= 4 is 11.8 Å². The molecule has 1 aromatic carbocycles. The molecule has 2 amide bonds. The first-order valence-electron chi connectivity index (χ1n) is 11.3. The van der Waals surface area contributed by atoms with Crippen LogP contribution in [-0.4, -0.2) is 28.8 Å². The molecule has 0 saturated carbocycles. The summed E-state index contributed by atoms with van der Waals surface area (Å²) >= 11 is 0. The van der Waals surface area contributed by atoms with Crippen LogP contribution < -0.4 is 5.32 Å². The summed E-state index contributed by atoms with van der Waals surface area (Å²) in [6, 6.07) is 8.09. The molecule has 0 spiro atoms. The highest BCUT2D eigenvalue weighted by Gasteiger charge is 2.42. The first-order chi connectivity index (χ1) is 14.6. The Labute approximate surface area is 188 Å². The molecule has 0 radical (unpaired) electrons. The second-order valence-corrected chi connectivity index (χ2v) is 9.38. The molecule has 1 aromatic rings. The van der Waals surface area contributed by atoms with Crippen molar-refractivity contribution in [2.75, 3.05) is 6.54 Å². The summed E-state index contributed by atoms with van der Waals surface area (Å²) in [6.07, 6.45) is 9.95. The number of carbonyl (C=O) groups excluding carboxylic acids is 2. The molecule has 2 unspecified atom stereocenters. The number of hydrogen-bond acceptors (Lipinski definition) is 2. The van der Waals surface area contributed by atoms with Gasteiger partial charge >= 0.3 is 0 Å². The largest absolute Gasteiger partial charge is 0.354 e. The summed E-state index contributed by atoms with van der Waals surface area (Å²) in [5.74, 6) is 0.499. The van der Waals surface area contributed by atoms with Gasteiger partial charge in [-0.25, -0.2) is 0 Å². The van der Waals surface area contributed by atoms with Crippen LogP contribution in [0.1, 0.15) is 58.1 Å². The second kappa shape index (κ2) is 11.1. The fraction of sp³-hybridized carbons (Fsp3) is 0.481.